The third-order valence-electron chi connectivity index (χ3n) is 7.07. The van der Waals surface area contributed by atoms with Crippen LogP contribution >= 0.6 is 0 Å². The molecule has 2 saturated heterocycles. The highest BCUT2D eigenvalue weighted by atomic mass is 16.5. The number of unbranched alkanes of at least 4 members (excludes halogenated alkanes) is 3. The fourth-order valence-corrected chi connectivity index (χ4v) is 4.91. The second-order valence-corrected chi connectivity index (χ2v) is 9.94. The van der Waals surface area contributed by atoms with E-state index in [1.807, 2.05) is 24.3 Å². The zero-order chi connectivity index (χ0) is 26.9. The number of hydrogen-bond acceptors (Lipinski definition) is 6. The first-order chi connectivity index (χ1) is 18.5. The summed E-state index contributed by atoms with van der Waals surface area (Å²) in [5, 5.41) is 11.3. The third kappa shape index (κ3) is 6.57. The zero-order valence-electron chi connectivity index (χ0n) is 22.5. The quantitative estimate of drug-likeness (QED) is 0.150. The zero-order valence-corrected chi connectivity index (χ0v) is 22.5. The molecule has 1 amide bonds. The van der Waals surface area contributed by atoms with Gasteiger partial charge in [-0.25, -0.2) is 0 Å². The maximum absolute atomic E-state index is 13.3. The van der Waals surface area contributed by atoms with Gasteiger partial charge in [-0.2, -0.15) is 0 Å². The van der Waals surface area contributed by atoms with Crippen LogP contribution in [0.3, 0.4) is 0 Å². The van der Waals surface area contributed by atoms with Crippen LogP contribution in [0.25, 0.3) is 5.76 Å². The molecule has 2 heterocycles. The molecule has 0 aromatic heterocycles. The second-order valence-electron chi connectivity index (χ2n) is 9.94. The Balaban J connectivity index is 1.63. The highest BCUT2D eigenvalue weighted by Crippen LogP contribution is 2.40. The first-order valence-electron chi connectivity index (χ1n) is 13.9. The van der Waals surface area contributed by atoms with Crippen LogP contribution in [0.5, 0.6) is 11.5 Å². The summed E-state index contributed by atoms with van der Waals surface area (Å²) in [6.07, 6.45) is 6.85. The van der Waals surface area contributed by atoms with Crippen molar-refractivity contribution in [3.63, 3.8) is 0 Å². The Hall–Kier alpha value is -3.32. The fourth-order valence-electron chi connectivity index (χ4n) is 4.91. The lowest BCUT2D eigenvalue weighted by atomic mass is 9.95. The summed E-state index contributed by atoms with van der Waals surface area (Å²) < 4.78 is 17.4. The van der Waals surface area contributed by atoms with Gasteiger partial charge in [0.2, 0.25) is 0 Å². The molecular formula is C31H39NO6. The summed E-state index contributed by atoms with van der Waals surface area (Å²) in [4.78, 5) is 28.1. The predicted molar refractivity (Wildman–Crippen MR) is 146 cm³/mol. The largest absolute Gasteiger partial charge is 0.507 e. The molecule has 4 rings (SSSR count). The maximum Gasteiger partial charge on any atom is 0.295 e. The van der Waals surface area contributed by atoms with E-state index in [9.17, 15) is 14.7 Å². The van der Waals surface area contributed by atoms with Crippen molar-refractivity contribution in [3.8, 4) is 11.5 Å². The topological polar surface area (TPSA) is 85.3 Å². The van der Waals surface area contributed by atoms with Crippen LogP contribution in [0.2, 0.25) is 0 Å². The molecule has 2 unspecified atom stereocenters. The van der Waals surface area contributed by atoms with Crippen molar-refractivity contribution in [1.29, 1.82) is 0 Å². The maximum atomic E-state index is 13.3. The number of likely N-dealkylation sites (tertiary alicyclic amines) is 1. The Morgan fingerprint density at radius 3 is 2.16 bits per heavy atom. The van der Waals surface area contributed by atoms with Gasteiger partial charge < -0.3 is 24.2 Å². The summed E-state index contributed by atoms with van der Waals surface area (Å²) in [6, 6.07) is 13.7. The number of aliphatic hydroxyl groups excluding tert-OH is 1. The van der Waals surface area contributed by atoms with Crippen molar-refractivity contribution in [1.82, 2.24) is 4.90 Å². The molecule has 0 saturated carbocycles. The second kappa shape index (κ2) is 13.5. The smallest absolute Gasteiger partial charge is 0.295 e. The Morgan fingerprint density at radius 2 is 1.55 bits per heavy atom. The van der Waals surface area contributed by atoms with Crippen LogP contribution in [-0.4, -0.2) is 54.2 Å². The first-order valence-corrected chi connectivity index (χ1v) is 13.9. The van der Waals surface area contributed by atoms with Gasteiger partial charge in [0, 0.05) is 18.7 Å². The number of Topliss-reactive ketones (excluding diaryl/α,β-unsaturated/α-hetero) is 1. The fraction of sp³-hybridized carbons (Fsp3) is 0.484. The lowest BCUT2D eigenvalue weighted by Gasteiger charge is -2.27. The monoisotopic (exact) mass is 521 g/mol. The van der Waals surface area contributed by atoms with Crippen LogP contribution in [0.4, 0.5) is 0 Å². The number of ketones is 1. The first kappa shape index (κ1) is 27.7. The summed E-state index contributed by atoms with van der Waals surface area (Å²) in [7, 11) is 0. The molecule has 7 heteroatoms. The molecule has 2 atom stereocenters. The molecule has 2 aliphatic heterocycles. The lowest BCUT2D eigenvalue weighted by Crippen LogP contribution is -2.36. The van der Waals surface area contributed by atoms with E-state index in [0.717, 1.165) is 56.3 Å². The summed E-state index contributed by atoms with van der Waals surface area (Å²) in [5.41, 5.74) is 1.29. The highest BCUT2D eigenvalue weighted by Gasteiger charge is 2.47. The summed E-state index contributed by atoms with van der Waals surface area (Å²) in [6.45, 7) is 6.46. The SMILES string of the molecule is CCCCCOc1ccc(C2C(=C(O)c3ccc(OCCCC)cc3)C(=O)C(=O)N2CC2CCCO2)cc1. The molecule has 2 fully saturated rings. The molecule has 0 aliphatic carbocycles. The normalized spacial score (nSPS) is 20.7. The third-order valence-corrected chi connectivity index (χ3v) is 7.07. The van der Waals surface area contributed by atoms with Crippen LogP contribution in [0.1, 0.15) is 76.0 Å². The summed E-state index contributed by atoms with van der Waals surface area (Å²) >= 11 is 0. The number of rotatable bonds is 13. The predicted octanol–water partition coefficient (Wildman–Crippen LogP) is 6.04. The van der Waals surface area contributed by atoms with E-state index in [1.165, 1.54) is 0 Å². The molecule has 0 spiro atoms. The van der Waals surface area contributed by atoms with E-state index in [-0.39, 0.29) is 17.4 Å². The Bertz CT molecular complexity index is 1100. The summed E-state index contributed by atoms with van der Waals surface area (Å²) in [5.74, 6) is -0.0668. The molecule has 2 aromatic rings. The number of benzene rings is 2. The highest BCUT2D eigenvalue weighted by molar-refractivity contribution is 6.46. The van der Waals surface area contributed by atoms with Crippen molar-refractivity contribution in [3.05, 3.63) is 65.2 Å². The minimum Gasteiger partial charge on any atom is -0.507 e. The molecule has 38 heavy (non-hydrogen) atoms. The van der Waals surface area contributed by atoms with Crippen LogP contribution in [0.15, 0.2) is 54.1 Å². The van der Waals surface area contributed by atoms with Crippen molar-refractivity contribution in [2.75, 3.05) is 26.4 Å². The van der Waals surface area contributed by atoms with Gasteiger partial charge in [-0.05, 0) is 67.6 Å². The van der Waals surface area contributed by atoms with E-state index >= 15 is 0 Å². The molecule has 204 valence electrons. The molecule has 0 bridgehead atoms. The standard InChI is InChI=1S/C31H39NO6/c1-3-5-7-19-37-24-14-10-22(11-15-24)28-27(30(34)31(35)32(28)21-26-9-8-20-38-26)29(33)23-12-16-25(17-13-23)36-18-6-4-2/h10-17,26,28,33H,3-9,18-21H2,1-2H3. The van der Waals surface area contributed by atoms with Gasteiger partial charge in [0.25, 0.3) is 11.7 Å². The number of carbonyl (C=O) groups is 2. The van der Waals surface area contributed by atoms with Gasteiger partial charge in [0.05, 0.1) is 30.9 Å². The molecule has 2 aromatic carbocycles. The van der Waals surface area contributed by atoms with E-state index in [1.54, 1.807) is 29.2 Å². The van der Waals surface area contributed by atoms with E-state index in [4.69, 9.17) is 14.2 Å². The molecular weight excluding hydrogens is 482 g/mol. The van der Waals surface area contributed by atoms with Gasteiger partial charge in [0.1, 0.15) is 17.3 Å². The van der Waals surface area contributed by atoms with E-state index in [0.29, 0.717) is 37.7 Å². The number of amides is 1. The average molecular weight is 522 g/mol. The number of nitrogens with zero attached hydrogens (tertiary/aromatic N) is 1. The van der Waals surface area contributed by atoms with E-state index < -0.39 is 17.7 Å². The van der Waals surface area contributed by atoms with Gasteiger partial charge in [-0.3, -0.25) is 9.59 Å². The number of ether oxygens (including phenoxy) is 3. The minimum atomic E-state index is -0.714. The molecule has 7 nitrogen and oxygen atoms in total. The van der Waals surface area contributed by atoms with Gasteiger partial charge in [-0.15, -0.1) is 0 Å². The van der Waals surface area contributed by atoms with Gasteiger partial charge >= 0.3 is 0 Å². The Kier molecular flexibility index (Phi) is 9.82. The van der Waals surface area contributed by atoms with Gasteiger partial charge in [-0.1, -0.05) is 45.2 Å². The Morgan fingerprint density at radius 1 is 0.921 bits per heavy atom. The van der Waals surface area contributed by atoms with Crippen LogP contribution in [0, 0.1) is 0 Å². The number of hydrogen-bond donors (Lipinski definition) is 1. The molecule has 0 radical (unpaired) electrons. The number of carbonyl (C=O) groups excluding carboxylic acids is 2. The molecule has 1 N–H and O–H groups in total. The van der Waals surface area contributed by atoms with Gasteiger partial charge in [0.15, 0.2) is 0 Å². The van der Waals surface area contributed by atoms with Crippen LogP contribution < -0.4 is 9.47 Å². The van der Waals surface area contributed by atoms with E-state index in [2.05, 4.69) is 13.8 Å². The van der Waals surface area contributed by atoms with Crippen LogP contribution in [-0.2, 0) is 14.3 Å². The Labute approximate surface area is 225 Å². The number of aliphatic hydroxyl groups is 1. The van der Waals surface area contributed by atoms with Crippen molar-refractivity contribution in [2.45, 2.75) is 70.9 Å². The van der Waals surface area contributed by atoms with Crippen molar-refractivity contribution in [2.24, 2.45) is 0 Å². The van der Waals surface area contributed by atoms with Crippen molar-refractivity contribution < 1.29 is 28.9 Å². The minimum absolute atomic E-state index is 0.0873. The van der Waals surface area contributed by atoms with Crippen molar-refractivity contribution >= 4 is 17.4 Å². The lowest BCUT2D eigenvalue weighted by molar-refractivity contribution is -0.140. The average Bonchev–Trinajstić information content (AvgIpc) is 3.54. The molecule has 2 aliphatic rings.